The number of carbonyl (C=O) groups excluding carboxylic acids is 1. The summed E-state index contributed by atoms with van der Waals surface area (Å²) >= 11 is 9.26. The van der Waals surface area contributed by atoms with E-state index in [9.17, 15) is 9.18 Å². The fourth-order valence-corrected chi connectivity index (χ4v) is 2.17. The van der Waals surface area contributed by atoms with E-state index in [1.807, 2.05) is 0 Å². The second kappa shape index (κ2) is 6.24. The number of nitrogens with one attached hydrogen (secondary N) is 1. The number of amides is 1. The van der Waals surface area contributed by atoms with E-state index in [0.29, 0.717) is 10.2 Å². The van der Waals surface area contributed by atoms with E-state index in [4.69, 9.17) is 16.3 Å². The van der Waals surface area contributed by atoms with E-state index >= 15 is 0 Å². The van der Waals surface area contributed by atoms with Gasteiger partial charge < -0.3 is 10.1 Å². The summed E-state index contributed by atoms with van der Waals surface area (Å²) in [5, 5.41) is 2.74. The standard InChI is InChI=1S/C14H10BrClFNO2/c1-20-8-5-6-11(17)12(7-8)18-14(19)9-3-2-4-10(15)13(9)16/h2-7H,1H3,(H,18,19). The van der Waals surface area contributed by atoms with Gasteiger partial charge in [-0.15, -0.1) is 0 Å². The van der Waals surface area contributed by atoms with Crippen molar-refractivity contribution >= 4 is 39.1 Å². The Morgan fingerprint density at radius 2 is 2.10 bits per heavy atom. The van der Waals surface area contributed by atoms with E-state index < -0.39 is 11.7 Å². The van der Waals surface area contributed by atoms with E-state index in [-0.39, 0.29) is 16.3 Å². The molecule has 0 spiro atoms. The molecule has 0 atom stereocenters. The maximum absolute atomic E-state index is 13.6. The van der Waals surface area contributed by atoms with Crippen LogP contribution in [0, 0.1) is 5.82 Å². The van der Waals surface area contributed by atoms with E-state index in [1.165, 1.54) is 25.3 Å². The van der Waals surface area contributed by atoms with Gasteiger partial charge in [0.1, 0.15) is 11.6 Å². The van der Waals surface area contributed by atoms with Gasteiger partial charge in [0, 0.05) is 10.5 Å². The number of benzene rings is 2. The molecule has 0 saturated heterocycles. The molecule has 0 aliphatic carbocycles. The zero-order chi connectivity index (χ0) is 14.7. The third-order valence-corrected chi connectivity index (χ3v) is 3.91. The molecule has 2 aromatic rings. The molecule has 0 radical (unpaired) electrons. The molecule has 6 heteroatoms. The van der Waals surface area contributed by atoms with Crippen LogP contribution in [0.3, 0.4) is 0 Å². The summed E-state index contributed by atoms with van der Waals surface area (Å²) in [6.45, 7) is 0. The van der Waals surface area contributed by atoms with Crippen LogP contribution in [-0.4, -0.2) is 13.0 Å². The van der Waals surface area contributed by atoms with Gasteiger partial charge in [0.15, 0.2) is 0 Å². The fourth-order valence-electron chi connectivity index (χ4n) is 1.60. The fraction of sp³-hybridized carbons (Fsp3) is 0.0714. The Balaban J connectivity index is 2.30. The van der Waals surface area contributed by atoms with Crippen molar-refractivity contribution in [3.8, 4) is 5.75 Å². The van der Waals surface area contributed by atoms with Gasteiger partial charge in [-0.25, -0.2) is 4.39 Å². The van der Waals surface area contributed by atoms with Gasteiger partial charge in [-0.1, -0.05) is 17.7 Å². The molecular weight excluding hydrogens is 349 g/mol. The quantitative estimate of drug-likeness (QED) is 0.877. The number of hydrogen-bond donors (Lipinski definition) is 1. The van der Waals surface area contributed by atoms with Crippen LogP contribution < -0.4 is 10.1 Å². The number of anilines is 1. The van der Waals surface area contributed by atoms with Gasteiger partial charge in [-0.2, -0.15) is 0 Å². The molecule has 104 valence electrons. The van der Waals surface area contributed by atoms with Gasteiger partial charge in [0.2, 0.25) is 0 Å². The van der Waals surface area contributed by atoms with E-state index in [1.54, 1.807) is 18.2 Å². The number of carbonyl (C=O) groups is 1. The number of ether oxygens (including phenoxy) is 1. The summed E-state index contributed by atoms with van der Waals surface area (Å²) < 4.78 is 19.2. The molecule has 1 N–H and O–H groups in total. The minimum absolute atomic E-state index is 0.0328. The molecule has 2 aromatic carbocycles. The Hall–Kier alpha value is -1.59. The lowest BCUT2D eigenvalue weighted by Crippen LogP contribution is -2.13. The maximum Gasteiger partial charge on any atom is 0.257 e. The Morgan fingerprint density at radius 3 is 2.80 bits per heavy atom. The van der Waals surface area contributed by atoms with Crippen LogP contribution in [0.1, 0.15) is 10.4 Å². The molecule has 1 amide bonds. The molecule has 0 bridgehead atoms. The van der Waals surface area contributed by atoms with Gasteiger partial charge in [-0.05, 0) is 40.2 Å². The molecule has 2 rings (SSSR count). The van der Waals surface area contributed by atoms with Crippen LogP contribution in [0.25, 0.3) is 0 Å². The molecule has 0 saturated carbocycles. The molecular formula is C14H10BrClFNO2. The summed E-state index contributed by atoms with van der Waals surface area (Å²) in [6.07, 6.45) is 0. The first-order valence-corrected chi connectivity index (χ1v) is 6.79. The molecule has 0 heterocycles. The summed E-state index contributed by atoms with van der Waals surface area (Å²) in [6, 6.07) is 9.03. The molecule has 0 unspecified atom stereocenters. The first kappa shape index (κ1) is 14.8. The minimum atomic E-state index is -0.551. The zero-order valence-corrected chi connectivity index (χ0v) is 12.8. The van der Waals surface area contributed by atoms with Crippen molar-refractivity contribution in [2.45, 2.75) is 0 Å². The molecule has 0 aliphatic rings. The lowest BCUT2D eigenvalue weighted by molar-refractivity contribution is 0.102. The Kier molecular flexibility index (Phi) is 4.62. The third-order valence-electron chi connectivity index (χ3n) is 2.62. The van der Waals surface area contributed by atoms with Gasteiger partial charge >= 0.3 is 0 Å². The highest BCUT2D eigenvalue weighted by molar-refractivity contribution is 9.10. The molecule has 0 aromatic heterocycles. The van der Waals surface area contributed by atoms with Gasteiger partial charge in [0.25, 0.3) is 5.91 Å². The number of rotatable bonds is 3. The summed E-state index contributed by atoms with van der Waals surface area (Å²) in [5.41, 5.74) is 0.286. The van der Waals surface area contributed by atoms with Crippen molar-refractivity contribution < 1.29 is 13.9 Å². The van der Waals surface area contributed by atoms with Crippen molar-refractivity contribution in [3.63, 3.8) is 0 Å². The van der Waals surface area contributed by atoms with Crippen LogP contribution in [0.4, 0.5) is 10.1 Å². The van der Waals surface area contributed by atoms with Gasteiger partial charge in [-0.3, -0.25) is 4.79 Å². The predicted octanol–water partition coefficient (Wildman–Crippen LogP) is 4.50. The summed E-state index contributed by atoms with van der Waals surface area (Å²) in [5.74, 6) is -0.601. The SMILES string of the molecule is COc1ccc(F)c(NC(=O)c2cccc(Br)c2Cl)c1. The highest BCUT2D eigenvalue weighted by Crippen LogP contribution is 2.27. The van der Waals surface area contributed by atoms with Gasteiger partial charge in [0.05, 0.1) is 23.4 Å². The third kappa shape index (κ3) is 3.11. The molecule has 20 heavy (non-hydrogen) atoms. The predicted molar refractivity (Wildman–Crippen MR) is 80.1 cm³/mol. The molecule has 0 aliphatic heterocycles. The topological polar surface area (TPSA) is 38.3 Å². The molecule has 0 fully saturated rings. The number of methoxy groups -OCH3 is 1. The van der Waals surface area contributed by atoms with Crippen LogP contribution in [0.2, 0.25) is 5.02 Å². The average molecular weight is 359 g/mol. The van der Waals surface area contributed by atoms with Crippen LogP contribution in [0.5, 0.6) is 5.75 Å². The van der Waals surface area contributed by atoms with Crippen LogP contribution >= 0.6 is 27.5 Å². The van der Waals surface area contributed by atoms with E-state index in [0.717, 1.165) is 0 Å². The molecule has 3 nitrogen and oxygen atoms in total. The maximum atomic E-state index is 13.6. The lowest BCUT2D eigenvalue weighted by atomic mass is 10.2. The Labute approximate surface area is 128 Å². The van der Waals surface area contributed by atoms with Crippen LogP contribution in [-0.2, 0) is 0 Å². The Bertz CT molecular complexity index is 664. The second-order valence-corrected chi connectivity index (χ2v) is 5.13. The second-order valence-electron chi connectivity index (χ2n) is 3.90. The summed E-state index contributed by atoms with van der Waals surface area (Å²) in [4.78, 5) is 12.1. The largest absolute Gasteiger partial charge is 0.497 e. The van der Waals surface area contributed by atoms with Crippen molar-refractivity contribution in [1.29, 1.82) is 0 Å². The first-order chi connectivity index (χ1) is 9.52. The first-order valence-electron chi connectivity index (χ1n) is 5.62. The average Bonchev–Trinajstić information content (AvgIpc) is 2.44. The zero-order valence-electron chi connectivity index (χ0n) is 10.4. The Morgan fingerprint density at radius 1 is 1.35 bits per heavy atom. The number of hydrogen-bond acceptors (Lipinski definition) is 2. The highest BCUT2D eigenvalue weighted by Gasteiger charge is 2.14. The normalized spacial score (nSPS) is 10.2. The van der Waals surface area contributed by atoms with Crippen molar-refractivity contribution in [3.05, 3.63) is 57.3 Å². The van der Waals surface area contributed by atoms with E-state index in [2.05, 4.69) is 21.2 Å². The number of halogens is 3. The van der Waals surface area contributed by atoms with Crippen molar-refractivity contribution in [2.24, 2.45) is 0 Å². The summed E-state index contributed by atoms with van der Waals surface area (Å²) in [7, 11) is 1.46. The van der Waals surface area contributed by atoms with Crippen LogP contribution in [0.15, 0.2) is 40.9 Å². The monoisotopic (exact) mass is 357 g/mol. The highest BCUT2D eigenvalue weighted by atomic mass is 79.9. The lowest BCUT2D eigenvalue weighted by Gasteiger charge is -2.10. The minimum Gasteiger partial charge on any atom is -0.497 e. The van der Waals surface area contributed by atoms with Crippen molar-refractivity contribution in [2.75, 3.05) is 12.4 Å². The van der Waals surface area contributed by atoms with Crippen molar-refractivity contribution in [1.82, 2.24) is 0 Å². The smallest absolute Gasteiger partial charge is 0.257 e.